The lowest BCUT2D eigenvalue weighted by molar-refractivity contribution is -0.124. The maximum absolute atomic E-state index is 12.4. The zero-order chi connectivity index (χ0) is 13.9. The predicted octanol–water partition coefficient (Wildman–Crippen LogP) is 2.78. The van der Waals surface area contributed by atoms with Crippen LogP contribution in [0.4, 0.5) is 5.69 Å². The molecule has 0 atom stereocenters. The third-order valence-corrected chi connectivity index (χ3v) is 4.28. The SMILES string of the molecule is N#Cc1ccc(Br)cc1NC(=O)C1(CN)CCCC1. The molecule has 0 aromatic heterocycles. The van der Waals surface area contributed by atoms with Crippen LogP contribution in [0.3, 0.4) is 0 Å². The fourth-order valence-corrected chi connectivity index (χ4v) is 2.91. The molecule has 0 saturated heterocycles. The Balaban J connectivity index is 2.24. The topological polar surface area (TPSA) is 78.9 Å². The van der Waals surface area contributed by atoms with Crippen LogP contribution in [0.15, 0.2) is 22.7 Å². The first-order valence-electron chi connectivity index (χ1n) is 6.32. The van der Waals surface area contributed by atoms with Gasteiger partial charge in [0.15, 0.2) is 0 Å². The Hall–Kier alpha value is -1.38. The van der Waals surface area contributed by atoms with Gasteiger partial charge in [-0.3, -0.25) is 4.79 Å². The number of hydrogen-bond donors (Lipinski definition) is 2. The molecule has 19 heavy (non-hydrogen) atoms. The van der Waals surface area contributed by atoms with Crippen molar-refractivity contribution in [1.82, 2.24) is 0 Å². The number of rotatable bonds is 3. The number of carbonyl (C=O) groups is 1. The van der Waals surface area contributed by atoms with Gasteiger partial charge in [-0.15, -0.1) is 0 Å². The van der Waals surface area contributed by atoms with Crippen molar-refractivity contribution >= 4 is 27.5 Å². The first-order valence-corrected chi connectivity index (χ1v) is 7.12. The number of benzene rings is 1. The van der Waals surface area contributed by atoms with Crippen LogP contribution in [0.2, 0.25) is 0 Å². The molecule has 1 amide bonds. The highest BCUT2D eigenvalue weighted by Gasteiger charge is 2.39. The minimum atomic E-state index is -0.463. The van der Waals surface area contributed by atoms with Gasteiger partial charge in [-0.05, 0) is 31.0 Å². The summed E-state index contributed by atoms with van der Waals surface area (Å²) in [5.41, 5.74) is 6.33. The molecule has 0 bridgehead atoms. The summed E-state index contributed by atoms with van der Waals surface area (Å²) in [6.45, 7) is 0.356. The van der Waals surface area contributed by atoms with Crippen LogP contribution in [0.25, 0.3) is 0 Å². The molecule has 3 N–H and O–H groups in total. The zero-order valence-corrected chi connectivity index (χ0v) is 12.2. The van der Waals surface area contributed by atoms with Crippen molar-refractivity contribution in [3.63, 3.8) is 0 Å². The van der Waals surface area contributed by atoms with E-state index in [1.807, 2.05) is 0 Å². The molecule has 1 fully saturated rings. The Morgan fingerprint density at radius 3 is 2.74 bits per heavy atom. The standard InChI is InChI=1S/C14H16BrN3O/c15-11-4-3-10(8-16)12(7-11)18-13(19)14(9-17)5-1-2-6-14/h3-4,7H,1-2,5-6,9,17H2,(H,18,19). The molecule has 1 saturated carbocycles. The van der Waals surface area contributed by atoms with Gasteiger partial charge >= 0.3 is 0 Å². The summed E-state index contributed by atoms with van der Waals surface area (Å²) >= 11 is 3.34. The number of hydrogen-bond acceptors (Lipinski definition) is 3. The fourth-order valence-electron chi connectivity index (χ4n) is 2.55. The summed E-state index contributed by atoms with van der Waals surface area (Å²) in [4.78, 5) is 12.4. The average molecular weight is 322 g/mol. The first kappa shape index (κ1) is 14.0. The minimum Gasteiger partial charge on any atom is -0.329 e. The highest BCUT2D eigenvalue weighted by Crippen LogP contribution is 2.38. The molecule has 1 aromatic rings. The van der Waals surface area contributed by atoms with Crippen molar-refractivity contribution in [1.29, 1.82) is 5.26 Å². The van der Waals surface area contributed by atoms with E-state index >= 15 is 0 Å². The molecule has 1 aromatic carbocycles. The maximum atomic E-state index is 12.4. The summed E-state index contributed by atoms with van der Waals surface area (Å²) in [6, 6.07) is 7.29. The monoisotopic (exact) mass is 321 g/mol. The largest absolute Gasteiger partial charge is 0.329 e. The number of halogens is 1. The van der Waals surface area contributed by atoms with E-state index in [-0.39, 0.29) is 5.91 Å². The van der Waals surface area contributed by atoms with Crippen molar-refractivity contribution in [3.8, 4) is 6.07 Å². The molecule has 0 radical (unpaired) electrons. The van der Waals surface area contributed by atoms with Gasteiger partial charge in [0.25, 0.3) is 0 Å². The minimum absolute atomic E-state index is 0.0675. The van der Waals surface area contributed by atoms with Crippen LogP contribution in [0.5, 0.6) is 0 Å². The van der Waals surface area contributed by atoms with E-state index in [9.17, 15) is 4.79 Å². The highest BCUT2D eigenvalue weighted by molar-refractivity contribution is 9.10. The molecule has 0 unspecified atom stereocenters. The van der Waals surface area contributed by atoms with Crippen molar-refractivity contribution in [2.45, 2.75) is 25.7 Å². The van der Waals surface area contributed by atoms with E-state index in [0.29, 0.717) is 17.8 Å². The second kappa shape index (κ2) is 5.72. The molecular weight excluding hydrogens is 306 g/mol. The number of nitriles is 1. The summed E-state index contributed by atoms with van der Waals surface area (Å²) in [7, 11) is 0. The molecule has 2 rings (SSSR count). The van der Waals surface area contributed by atoms with Gasteiger partial charge in [0, 0.05) is 11.0 Å². The summed E-state index contributed by atoms with van der Waals surface area (Å²) in [5.74, 6) is -0.0675. The lowest BCUT2D eigenvalue weighted by Crippen LogP contribution is -2.40. The highest BCUT2D eigenvalue weighted by atomic mass is 79.9. The average Bonchev–Trinajstić information content (AvgIpc) is 2.89. The lowest BCUT2D eigenvalue weighted by atomic mass is 9.85. The fraction of sp³-hybridized carbons (Fsp3) is 0.429. The van der Waals surface area contributed by atoms with Crippen molar-refractivity contribution in [3.05, 3.63) is 28.2 Å². The molecule has 0 heterocycles. The number of anilines is 1. The third kappa shape index (κ3) is 2.80. The van der Waals surface area contributed by atoms with Gasteiger partial charge in [0.2, 0.25) is 5.91 Å². The maximum Gasteiger partial charge on any atom is 0.231 e. The van der Waals surface area contributed by atoms with Gasteiger partial charge in [-0.2, -0.15) is 5.26 Å². The normalized spacial score (nSPS) is 16.9. The van der Waals surface area contributed by atoms with Crippen molar-refractivity contribution in [2.75, 3.05) is 11.9 Å². The Morgan fingerprint density at radius 1 is 1.47 bits per heavy atom. The van der Waals surface area contributed by atoms with Crippen LogP contribution in [0.1, 0.15) is 31.2 Å². The van der Waals surface area contributed by atoms with Gasteiger partial charge in [0.1, 0.15) is 6.07 Å². The van der Waals surface area contributed by atoms with E-state index in [0.717, 1.165) is 30.2 Å². The van der Waals surface area contributed by atoms with Gasteiger partial charge in [-0.25, -0.2) is 0 Å². The molecule has 4 nitrogen and oxygen atoms in total. The molecule has 5 heteroatoms. The van der Waals surface area contributed by atoms with E-state index in [4.69, 9.17) is 11.0 Å². The second-order valence-corrected chi connectivity index (χ2v) is 5.86. The van der Waals surface area contributed by atoms with Crippen LogP contribution < -0.4 is 11.1 Å². The molecule has 1 aliphatic carbocycles. The number of amides is 1. The Bertz CT molecular complexity index is 530. The summed E-state index contributed by atoms with van der Waals surface area (Å²) < 4.78 is 0.829. The van der Waals surface area contributed by atoms with Gasteiger partial charge in [-0.1, -0.05) is 28.8 Å². The van der Waals surface area contributed by atoms with E-state index in [1.165, 1.54) is 0 Å². The smallest absolute Gasteiger partial charge is 0.231 e. The Labute approximate surface area is 121 Å². The summed E-state index contributed by atoms with van der Waals surface area (Å²) in [5, 5.41) is 11.9. The molecule has 0 aliphatic heterocycles. The molecule has 1 aliphatic rings. The second-order valence-electron chi connectivity index (χ2n) is 4.95. The van der Waals surface area contributed by atoms with E-state index in [1.54, 1.807) is 18.2 Å². The number of nitrogens with two attached hydrogens (primary N) is 1. The van der Waals surface area contributed by atoms with Crippen molar-refractivity contribution in [2.24, 2.45) is 11.1 Å². The van der Waals surface area contributed by atoms with E-state index < -0.39 is 5.41 Å². The van der Waals surface area contributed by atoms with Crippen LogP contribution in [-0.4, -0.2) is 12.5 Å². The molecule has 100 valence electrons. The van der Waals surface area contributed by atoms with Crippen molar-refractivity contribution < 1.29 is 4.79 Å². The van der Waals surface area contributed by atoms with Crippen LogP contribution >= 0.6 is 15.9 Å². The predicted molar refractivity (Wildman–Crippen MR) is 77.4 cm³/mol. The Morgan fingerprint density at radius 2 is 2.16 bits per heavy atom. The van der Waals surface area contributed by atoms with E-state index in [2.05, 4.69) is 27.3 Å². The van der Waals surface area contributed by atoms with Gasteiger partial charge in [0.05, 0.1) is 16.7 Å². The summed E-state index contributed by atoms with van der Waals surface area (Å²) in [6.07, 6.45) is 3.72. The quantitative estimate of drug-likeness (QED) is 0.898. The molecular formula is C14H16BrN3O. The lowest BCUT2D eigenvalue weighted by Gasteiger charge is -2.26. The number of nitrogens with one attached hydrogen (secondary N) is 1. The number of nitrogens with zero attached hydrogens (tertiary/aromatic N) is 1. The first-order chi connectivity index (χ1) is 9.11. The number of carbonyl (C=O) groups excluding carboxylic acids is 1. The third-order valence-electron chi connectivity index (χ3n) is 3.78. The zero-order valence-electron chi connectivity index (χ0n) is 10.6. The molecule has 0 spiro atoms. The Kier molecular flexibility index (Phi) is 4.23. The van der Waals surface area contributed by atoms with Crippen LogP contribution in [-0.2, 0) is 4.79 Å². The van der Waals surface area contributed by atoms with Gasteiger partial charge < -0.3 is 11.1 Å². The van der Waals surface area contributed by atoms with Crippen LogP contribution in [0, 0.1) is 16.7 Å².